The van der Waals surface area contributed by atoms with E-state index in [4.69, 9.17) is 10.6 Å². The first-order chi connectivity index (χ1) is 8.19. The van der Waals surface area contributed by atoms with Crippen molar-refractivity contribution in [3.05, 3.63) is 0 Å². The van der Waals surface area contributed by atoms with Gasteiger partial charge in [-0.05, 0) is 25.7 Å². The molecule has 3 N–H and O–H groups in total. The number of hydrogen-bond acceptors (Lipinski definition) is 7. The van der Waals surface area contributed by atoms with E-state index in [1.165, 1.54) is 12.8 Å². The van der Waals surface area contributed by atoms with Crippen LogP contribution in [0.15, 0.2) is 0 Å². The average Bonchev–Trinajstić information content (AvgIpc) is 2.81. The first kappa shape index (κ1) is 11.8. The van der Waals surface area contributed by atoms with Crippen LogP contribution in [-0.4, -0.2) is 35.2 Å². The third-order valence-corrected chi connectivity index (χ3v) is 2.71. The third-order valence-electron chi connectivity index (χ3n) is 2.71. The Kier molecular flexibility index (Phi) is 3.58. The molecule has 0 unspecified atom stereocenters. The molecule has 0 aliphatic heterocycles. The molecule has 94 valence electrons. The fourth-order valence-electron chi connectivity index (χ4n) is 1.82. The van der Waals surface area contributed by atoms with E-state index in [0.717, 1.165) is 12.8 Å². The van der Waals surface area contributed by atoms with Crippen molar-refractivity contribution >= 4 is 11.9 Å². The van der Waals surface area contributed by atoms with Gasteiger partial charge in [-0.1, -0.05) is 0 Å². The molecule has 1 aromatic heterocycles. The van der Waals surface area contributed by atoms with Crippen LogP contribution in [0.5, 0.6) is 6.01 Å². The lowest BCUT2D eigenvalue weighted by molar-refractivity contribution is 0.192. The van der Waals surface area contributed by atoms with Crippen molar-refractivity contribution in [1.29, 1.82) is 0 Å². The molecule has 0 spiro atoms. The second-order valence-electron chi connectivity index (χ2n) is 4.30. The molecule has 1 saturated carbocycles. The standard InChI is InChI=1S/C10H18N6O/c1-16(2)9-12-8(15-11)13-10(14-9)17-7-5-3-4-6-7/h7H,3-6,11H2,1-2H3,(H,12,13,14,15). The molecule has 1 fully saturated rings. The number of rotatable bonds is 4. The molecule has 0 saturated heterocycles. The fourth-order valence-corrected chi connectivity index (χ4v) is 1.82. The minimum Gasteiger partial charge on any atom is -0.460 e. The van der Waals surface area contributed by atoms with Gasteiger partial charge in [-0.2, -0.15) is 15.0 Å². The zero-order chi connectivity index (χ0) is 12.3. The molecule has 2 rings (SSSR count). The van der Waals surface area contributed by atoms with Gasteiger partial charge in [0.25, 0.3) is 0 Å². The Morgan fingerprint density at radius 1 is 1.24 bits per heavy atom. The summed E-state index contributed by atoms with van der Waals surface area (Å²) in [6.45, 7) is 0. The van der Waals surface area contributed by atoms with Gasteiger partial charge in [0.2, 0.25) is 11.9 Å². The number of hydrazine groups is 1. The number of nitrogens with two attached hydrogens (primary N) is 1. The smallest absolute Gasteiger partial charge is 0.323 e. The molecule has 0 radical (unpaired) electrons. The van der Waals surface area contributed by atoms with E-state index in [-0.39, 0.29) is 6.10 Å². The second kappa shape index (κ2) is 5.13. The van der Waals surface area contributed by atoms with Gasteiger partial charge in [0, 0.05) is 14.1 Å². The van der Waals surface area contributed by atoms with Gasteiger partial charge in [0.05, 0.1) is 0 Å². The molecule has 1 aromatic rings. The molecular weight excluding hydrogens is 220 g/mol. The highest BCUT2D eigenvalue weighted by molar-refractivity contribution is 5.36. The SMILES string of the molecule is CN(C)c1nc(NN)nc(OC2CCCC2)n1. The van der Waals surface area contributed by atoms with Gasteiger partial charge >= 0.3 is 6.01 Å². The van der Waals surface area contributed by atoms with Crippen LogP contribution in [0.4, 0.5) is 11.9 Å². The molecular formula is C10H18N6O. The number of nitrogen functional groups attached to an aromatic ring is 1. The summed E-state index contributed by atoms with van der Waals surface area (Å²) < 4.78 is 5.72. The van der Waals surface area contributed by atoms with Crippen LogP contribution in [0.1, 0.15) is 25.7 Å². The van der Waals surface area contributed by atoms with Gasteiger partial charge in [-0.3, -0.25) is 5.43 Å². The quantitative estimate of drug-likeness (QED) is 0.584. The Hall–Kier alpha value is -1.63. The summed E-state index contributed by atoms with van der Waals surface area (Å²) in [7, 11) is 3.71. The zero-order valence-corrected chi connectivity index (χ0v) is 10.2. The van der Waals surface area contributed by atoms with Gasteiger partial charge in [-0.15, -0.1) is 0 Å². The van der Waals surface area contributed by atoms with Gasteiger partial charge in [-0.25, -0.2) is 5.84 Å². The number of ether oxygens (including phenoxy) is 1. The Morgan fingerprint density at radius 3 is 2.53 bits per heavy atom. The van der Waals surface area contributed by atoms with Crippen LogP contribution < -0.4 is 20.9 Å². The number of nitrogens with zero attached hydrogens (tertiary/aromatic N) is 4. The van der Waals surface area contributed by atoms with Crippen molar-refractivity contribution in [2.24, 2.45) is 5.84 Å². The van der Waals surface area contributed by atoms with Crippen molar-refractivity contribution in [3.63, 3.8) is 0 Å². The van der Waals surface area contributed by atoms with Crippen LogP contribution in [0, 0.1) is 0 Å². The van der Waals surface area contributed by atoms with Crippen LogP contribution in [0.3, 0.4) is 0 Å². The Morgan fingerprint density at radius 2 is 1.94 bits per heavy atom. The Bertz CT molecular complexity index is 377. The van der Waals surface area contributed by atoms with E-state index in [1.807, 2.05) is 14.1 Å². The molecule has 1 aliphatic carbocycles. The van der Waals surface area contributed by atoms with Crippen molar-refractivity contribution < 1.29 is 4.74 Å². The lowest BCUT2D eigenvalue weighted by Crippen LogP contribution is -2.20. The lowest BCUT2D eigenvalue weighted by atomic mass is 10.3. The first-order valence-electron chi connectivity index (χ1n) is 5.75. The highest BCUT2D eigenvalue weighted by Gasteiger charge is 2.19. The van der Waals surface area contributed by atoms with Gasteiger partial charge in [0.15, 0.2) is 0 Å². The molecule has 17 heavy (non-hydrogen) atoms. The maximum atomic E-state index is 5.72. The summed E-state index contributed by atoms with van der Waals surface area (Å²) in [6, 6.07) is 0.337. The van der Waals surface area contributed by atoms with E-state index in [1.54, 1.807) is 4.90 Å². The van der Waals surface area contributed by atoms with Gasteiger partial charge < -0.3 is 9.64 Å². The summed E-state index contributed by atoms with van der Waals surface area (Å²) in [6.07, 6.45) is 4.76. The van der Waals surface area contributed by atoms with Crippen molar-refractivity contribution in [1.82, 2.24) is 15.0 Å². The number of aromatic nitrogens is 3. The molecule has 7 nitrogen and oxygen atoms in total. The second-order valence-corrected chi connectivity index (χ2v) is 4.30. The van der Waals surface area contributed by atoms with E-state index in [9.17, 15) is 0 Å². The molecule has 7 heteroatoms. The predicted octanol–water partition coefficient (Wildman–Crippen LogP) is 0.545. The zero-order valence-electron chi connectivity index (χ0n) is 10.2. The van der Waals surface area contributed by atoms with E-state index in [2.05, 4.69) is 20.4 Å². The van der Waals surface area contributed by atoms with Gasteiger partial charge in [0.1, 0.15) is 6.10 Å². The van der Waals surface area contributed by atoms with Crippen molar-refractivity contribution in [2.45, 2.75) is 31.8 Å². The third kappa shape index (κ3) is 2.94. The minimum atomic E-state index is 0.220. The molecule has 0 amide bonds. The normalized spacial score (nSPS) is 15.9. The minimum absolute atomic E-state index is 0.220. The van der Waals surface area contributed by atoms with E-state index >= 15 is 0 Å². The predicted molar refractivity (Wildman–Crippen MR) is 64.8 cm³/mol. The van der Waals surface area contributed by atoms with E-state index < -0.39 is 0 Å². The maximum Gasteiger partial charge on any atom is 0.323 e. The van der Waals surface area contributed by atoms with Crippen LogP contribution >= 0.6 is 0 Å². The fraction of sp³-hybridized carbons (Fsp3) is 0.700. The highest BCUT2D eigenvalue weighted by Crippen LogP contribution is 2.23. The first-order valence-corrected chi connectivity index (χ1v) is 5.75. The largest absolute Gasteiger partial charge is 0.460 e. The Labute approximate surface area is 100 Å². The summed E-state index contributed by atoms with van der Waals surface area (Å²) in [5, 5.41) is 0. The average molecular weight is 238 g/mol. The highest BCUT2D eigenvalue weighted by atomic mass is 16.5. The van der Waals surface area contributed by atoms with Crippen molar-refractivity contribution in [2.75, 3.05) is 24.4 Å². The molecule has 0 bridgehead atoms. The molecule has 1 heterocycles. The summed E-state index contributed by atoms with van der Waals surface area (Å²) in [4.78, 5) is 14.2. The summed E-state index contributed by atoms with van der Waals surface area (Å²) >= 11 is 0. The number of hydrogen-bond donors (Lipinski definition) is 2. The molecule has 0 aromatic carbocycles. The van der Waals surface area contributed by atoms with Crippen LogP contribution in [0.2, 0.25) is 0 Å². The molecule has 0 atom stereocenters. The maximum absolute atomic E-state index is 5.72. The Balaban J connectivity index is 2.16. The topological polar surface area (TPSA) is 89.2 Å². The number of nitrogens with one attached hydrogen (secondary N) is 1. The van der Waals surface area contributed by atoms with Crippen LogP contribution in [0.25, 0.3) is 0 Å². The monoisotopic (exact) mass is 238 g/mol. The lowest BCUT2D eigenvalue weighted by Gasteiger charge is -2.15. The molecule has 1 aliphatic rings. The summed E-state index contributed by atoms with van der Waals surface area (Å²) in [5.41, 5.74) is 2.42. The summed E-state index contributed by atoms with van der Waals surface area (Å²) in [5.74, 6) is 6.16. The van der Waals surface area contributed by atoms with Crippen molar-refractivity contribution in [3.8, 4) is 6.01 Å². The van der Waals surface area contributed by atoms with E-state index in [0.29, 0.717) is 17.9 Å². The van der Waals surface area contributed by atoms with Crippen LogP contribution in [-0.2, 0) is 0 Å². The number of anilines is 2.